The number of carbonyl (C=O) groups excluding carboxylic acids is 1. The average molecular weight is 329 g/mol. The van der Waals surface area contributed by atoms with Gasteiger partial charge >= 0.3 is 0 Å². The van der Waals surface area contributed by atoms with Gasteiger partial charge in [-0.05, 0) is 47.4 Å². The Morgan fingerprint density at radius 2 is 2.11 bits per heavy atom. The van der Waals surface area contributed by atoms with Crippen LogP contribution < -0.4 is 10.6 Å². The van der Waals surface area contributed by atoms with Crippen LogP contribution in [0.3, 0.4) is 0 Å². The highest BCUT2D eigenvalue weighted by molar-refractivity contribution is 9.10. The number of ether oxygens (including phenoxy) is 1. The molecular weight excluding hydrogens is 308 g/mol. The maximum atomic E-state index is 11.7. The normalized spacial score (nSPS) is 10.4. The van der Waals surface area contributed by atoms with E-state index in [1.807, 2.05) is 24.3 Å². The first-order valence-electron chi connectivity index (χ1n) is 6.57. The van der Waals surface area contributed by atoms with Crippen molar-refractivity contribution in [3.05, 3.63) is 28.7 Å². The Balaban J connectivity index is 2.10. The summed E-state index contributed by atoms with van der Waals surface area (Å²) in [6.45, 7) is 4.74. The first kappa shape index (κ1) is 16.1. The number of benzene rings is 1. The Kier molecular flexibility index (Phi) is 8.45. The fourth-order valence-corrected chi connectivity index (χ4v) is 1.89. The molecule has 0 saturated heterocycles. The summed E-state index contributed by atoms with van der Waals surface area (Å²) in [5.74, 6) is -0.0404. The first-order chi connectivity index (χ1) is 9.24. The molecule has 0 radical (unpaired) electrons. The third kappa shape index (κ3) is 7.30. The van der Waals surface area contributed by atoms with E-state index in [4.69, 9.17) is 4.74 Å². The Morgan fingerprint density at radius 1 is 1.32 bits per heavy atom. The van der Waals surface area contributed by atoms with Crippen molar-refractivity contribution in [1.29, 1.82) is 0 Å². The predicted molar refractivity (Wildman–Crippen MR) is 81.4 cm³/mol. The highest BCUT2D eigenvalue weighted by Gasteiger charge is 2.03. The van der Waals surface area contributed by atoms with Crippen molar-refractivity contribution < 1.29 is 9.53 Å². The van der Waals surface area contributed by atoms with Crippen LogP contribution in [0.1, 0.15) is 19.8 Å². The van der Waals surface area contributed by atoms with Gasteiger partial charge in [0.25, 0.3) is 0 Å². The zero-order chi connectivity index (χ0) is 13.9. The van der Waals surface area contributed by atoms with Crippen LogP contribution in [0.5, 0.6) is 0 Å². The molecule has 1 aromatic rings. The van der Waals surface area contributed by atoms with Crippen molar-refractivity contribution in [3.63, 3.8) is 0 Å². The van der Waals surface area contributed by atoms with Gasteiger partial charge in [0.1, 0.15) is 0 Å². The lowest BCUT2D eigenvalue weighted by molar-refractivity contribution is -0.115. The van der Waals surface area contributed by atoms with E-state index in [9.17, 15) is 4.79 Å². The summed E-state index contributed by atoms with van der Waals surface area (Å²) >= 11 is 3.39. The van der Waals surface area contributed by atoms with Crippen molar-refractivity contribution in [2.24, 2.45) is 0 Å². The maximum absolute atomic E-state index is 11.7. The molecule has 0 spiro atoms. The van der Waals surface area contributed by atoms with Crippen LogP contribution in [0.2, 0.25) is 0 Å². The second-order valence-electron chi connectivity index (χ2n) is 4.17. The molecule has 19 heavy (non-hydrogen) atoms. The fraction of sp³-hybridized carbons (Fsp3) is 0.500. The number of carbonyl (C=O) groups is 1. The lowest BCUT2D eigenvalue weighted by Crippen LogP contribution is -2.29. The van der Waals surface area contributed by atoms with Gasteiger partial charge in [-0.2, -0.15) is 0 Å². The van der Waals surface area contributed by atoms with Gasteiger partial charge in [-0.25, -0.2) is 0 Å². The van der Waals surface area contributed by atoms with Crippen molar-refractivity contribution in [1.82, 2.24) is 5.32 Å². The number of hydrogen-bond donors (Lipinski definition) is 2. The Bertz CT molecular complexity index is 385. The molecular formula is C14H21BrN2O2. The van der Waals surface area contributed by atoms with Crippen LogP contribution in [0.15, 0.2) is 28.7 Å². The van der Waals surface area contributed by atoms with Crippen LogP contribution in [0, 0.1) is 0 Å². The molecule has 106 valence electrons. The van der Waals surface area contributed by atoms with Crippen LogP contribution in [-0.2, 0) is 9.53 Å². The second-order valence-corrected chi connectivity index (χ2v) is 5.03. The average Bonchev–Trinajstić information content (AvgIpc) is 2.40. The van der Waals surface area contributed by atoms with Gasteiger partial charge in [-0.1, -0.05) is 19.1 Å². The monoisotopic (exact) mass is 328 g/mol. The van der Waals surface area contributed by atoms with E-state index in [1.165, 1.54) is 0 Å². The zero-order valence-corrected chi connectivity index (χ0v) is 12.8. The molecule has 5 heteroatoms. The Hall–Kier alpha value is -0.910. The molecule has 0 unspecified atom stereocenters. The zero-order valence-electron chi connectivity index (χ0n) is 11.2. The molecule has 2 N–H and O–H groups in total. The second kappa shape index (κ2) is 9.95. The van der Waals surface area contributed by atoms with Gasteiger partial charge in [0.2, 0.25) is 5.91 Å². The number of rotatable bonds is 9. The van der Waals surface area contributed by atoms with Gasteiger partial charge in [0, 0.05) is 17.7 Å². The molecule has 0 atom stereocenters. The predicted octanol–water partition coefficient (Wildman–Crippen LogP) is 2.79. The molecule has 0 fully saturated rings. The summed E-state index contributed by atoms with van der Waals surface area (Å²) in [5.41, 5.74) is 0.792. The van der Waals surface area contributed by atoms with E-state index in [2.05, 4.69) is 33.5 Å². The number of nitrogens with one attached hydrogen (secondary N) is 2. The van der Waals surface area contributed by atoms with Crippen molar-refractivity contribution >= 4 is 27.5 Å². The molecule has 1 rings (SSSR count). The SMILES string of the molecule is CCCOCCCNCC(=O)Nc1ccccc1Br. The molecule has 0 aliphatic heterocycles. The molecule has 0 aliphatic carbocycles. The Morgan fingerprint density at radius 3 is 2.84 bits per heavy atom. The molecule has 1 aromatic carbocycles. The van der Waals surface area contributed by atoms with E-state index >= 15 is 0 Å². The number of halogens is 1. The summed E-state index contributed by atoms with van der Waals surface area (Å²) in [6.07, 6.45) is 1.96. The molecule has 4 nitrogen and oxygen atoms in total. The third-order valence-corrected chi connectivity index (χ3v) is 3.12. The molecule has 1 amide bonds. The fourth-order valence-electron chi connectivity index (χ4n) is 1.50. The van der Waals surface area contributed by atoms with Crippen molar-refractivity contribution in [3.8, 4) is 0 Å². The highest BCUT2D eigenvalue weighted by Crippen LogP contribution is 2.20. The van der Waals surface area contributed by atoms with Crippen LogP contribution in [0.4, 0.5) is 5.69 Å². The van der Waals surface area contributed by atoms with Crippen molar-refractivity contribution in [2.75, 3.05) is 31.6 Å². The standard InChI is InChI=1S/C14H21BrN2O2/c1-2-9-19-10-5-8-16-11-14(18)17-13-7-4-3-6-12(13)15/h3-4,6-7,16H,2,5,8-11H2,1H3,(H,17,18). The van der Waals surface area contributed by atoms with Crippen molar-refractivity contribution in [2.45, 2.75) is 19.8 Å². The Labute approximate surface area is 123 Å². The summed E-state index contributed by atoms with van der Waals surface area (Å²) in [5, 5.41) is 5.94. The topological polar surface area (TPSA) is 50.4 Å². The van der Waals surface area contributed by atoms with Gasteiger partial charge in [-0.3, -0.25) is 4.79 Å². The van der Waals surface area contributed by atoms with Crippen LogP contribution >= 0.6 is 15.9 Å². The van der Waals surface area contributed by atoms with Gasteiger partial charge in [0.15, 0.2) is 0 Å². The van der Waals surface area contributed by atoms with Crippen LogP contribution in [0.25, 0.3) is 0 Å². The minimum Gasteiger partial charge on any atom is -0.381 e. The highest BCUT2D eigenvalue weighted by atomic mass is 79.9. The number of hydrogen-bond acceptors (Lipinski definition) is 3. The maximum Gasteiger partial charge on any atom is 0.238 e. The molecule has 0 aromatic heterocycles. The smallest absolute Gasteiger partial charge is 0.238 e. The van der Waals surface area contributed by atoms with E-state index in [1.54, 1.807) is 0 Å². The van der Waals surface area contributed by atoms with Gasteiger partial charge in [0.05, 0.1) is 12.2 Å². The van der Waals surface area contributed by atoms with E-state index < -0.39 is 0 Å². The van der Waals surface area contributed by atoms with E-state index in [0.29, 0.717) is 6.54 Å². The lowest BCUT2D eigenvalue weighted by Gasteiger charge is -2.08. The van der Waals surface area contributed by atoms with Crippen LogP contribution in [-0.4, -0.2) is 32.2 Å². The summed E-state index contributed by atoms with van der Waals surface area (Å²) < 4.78 is 6.24. The number of anilines is 1. The third-order valence-electron chi connectivity index (χ3n) is 2.42. The number of para-hydroxylation sites is 1. The lowest BCUT2D eigenvalue weighted by atomic mass is 10.3. The van der Waals surface area contributed by atoms with E-state index in [-0.39, 0.29) is 5.91 Å². The molecule has 0 bridgehead atoms. The van der Waals surface area contributed by atoms with Gasteiger partial charge in [-0.15, -0.1) is 0 Å². The molecule has 0 aliphatic rings. The minimum absolute atomic E-state index is 0.0404. The molecule has 0 heterocycles. The number of amides is 1. The van der Waals surface area contributed by atoms with E-state index in [0.717, 1.165) is 42.8 Å². The molecule has 0 saturated carbocycles. The van der Waals surface area contributed by atoms with Gasteiger partial charge < -0.3 is 15.4 Å². The summed E-state index contributed by atoms with van der Waals surface area (Å²) in [6, 6.07) is 7.56. The first-order valence-corrected chi connectivity index (χ1v) is 7.36. The summed E-state index contributed by atoms with van der Waals surface area (Å²) in [4.78, 5) is 11.7. The summed E-state index contributed by atoms with van der Waals surface area (Å²) in [7, 11) is 0. The largest absolute Gasteiger partial charge is 0.381 e. The minimum atomic E-state index is -0.0404. The quantitative estimate of drug-likeness (QED) is 0.685.